The minimum Gasteiger partial charge on any atom is -0.457 e. The number of anilines is 12. The number of hydrogen-bond acceptors (Lipinski definition) is 7. The standard InChI is InChI=1S/C111H83BN4OS2/c1-109(2,3)80-66-84(72-35-13-7-14-36-72)107(85(67-80)73-37-15-8-16-38-73)115-96-70-82(113-92-48-26-31-53-102(92)118-103-54-32-27-49-93(103)113)58-60-90(96)112-91-61-59-83(114-94-50-28-33-55-104(94)119-105-56-34-29-51-95(105)114)71-97(91)116(108-86(74-39-17-9-18-40-74)68-81(110(4,5)6)69-87(108)75-41-19-10-20-42-75)99-65-77(64-98(115)106(99)112)76-57-62-101-89(63-76)111(78-43-21-11-22-44-78,79-45-23-12-24-46-79)88-47-25-30-52-100(88)117-101/h7-71H,1-6H3. The lowest BCUT2D eigenvalue weighted by Crippen LogP contribution is -2.61. The minimum absolute atomic E-state index is 0.253. The molecule has 0 fully saturated rings. The van der Waals surface area contributed by atoms with Gasteiger partial charge >= 0.3 is 0 Å². The van der Waals surface area contributed by atoms with Crippen molar-refractivity contribution in [1.29, 1.82) is 0 Å². The topological polar surface area (TPSA) is 22.2 Å². The zero-order chi connectivity index (χ0) is 79.8. The Morgan fingerprint density at radius 2 is 0.597 bits per heavy atom. The first-order valence-corrected chi connectivity index (χ1v) is 42.9. The summed E-state index contributed by atoms with van der Waals surface area (Å²) < 4.78 is 7.32. The van der Waals surface area contributed by atoms with Crippen LogP contribution in [0.1, 0.15) is 74.9 Å². The molecule has 0 unspecified atom stereocenters. The molecule has 5 heterocycles. The Bertz CT molecular complexity index is 6310. The van der Waals surface area contributed by atoms with E-state index in [1.54, 1.807) is 0 Å². The maximum atomic E-state index is 7.32. The van der Waals surface area contributed by atoms with Crippen LogP contribution in [0.15, 0.2) is 414 Å². The summed E-state index contributed by atoms with van der Waals surface area (Å²) in [5, 5.41) is 0. The number of ether oxygens (including phenoxy) is 1. The molecule has 5 nitrogen and oxygen atoms in total. The molecule has 0 bridgehead atoms. The highest BCUT2D eigenvalue weighted by molar-refractivity contribution is 8.00. The lowest BCUT2D eigenvalue weighted by atomic mass is 9.33. The van der Waals surface area contributed by atoms with Gasteiger partial charge in [0.05, 0.1) is 39.5 Å². The monoisotopic (exact) mass is 1560 g/mol. The normalized spacial score (nSPS) is 13.8. The zero-order valence-corrected chi connectivity index (χ0v) is 68.8. The van der Waals surface area contributed by atoms with Crippen molar-refractivity contribution in [3.63, 3.8) is 0 Å². The quantitative estimate of drug-likeness (QED) is 0.119. The number of fused-ring (bicyclic) bond motifs is 10. The van der Waals surface area contributed by atoms with Gasteiger partial charge in [-0.05, 0) is 210 Å². The van der Waals surface area contributed by atoms with Crippen molar-refractivity contribution in [2.75, 3.05) is 19.6 Å². The first kappa shape index (κ1) is 72.0. The molecule has 0 atom stereocenters. The molecule has 8 heteroatoms. The summed E-state index contributed by atoms with van der Waals surface area (Å²) in [4.78, 5) is 15.3. The Labute approximate surface area is 706 Å². The Morgan fingerprint density at radius 3 is 0.975 bits per heavy atom. The summed E-state index contributed by atoms with van der Waals surface area (Å²) in [6.07, 6.45) is 0. The van der Waals surface area contributed by atoms with Crippen molar-refractivity contribution in [3.05, 3.63) is 428 Å². The predicted molar refractivity (Wildman–Crippen MR) is 501 cm³/mol. The van der Waals surface area contributed by atoms with Gasteiger partial charge in [0.2, 0.25) is 0 Å². The second-order valence-corrected chi connectivity index (χ2v) is 36.0. The fourth-order valence-corrected chi connectivity index (χ4v) is 21.3. The van der Waals surface area contributed by atoms with Gasteiger partial charge in [-0.3, -0.25) is 0 Å². The summed E-state index contributed by atoms with van der Waals surface area (Å²) in [7, 11) is 0. The minimum atomic E-state index is -0.818. The molecule has 0 saturated heterocycles. The van der Waals surface area contributed by atoms with Crippen LogP contribution in [-0.4, -0.2) is 6.71 Å². The molecule has 5 aliphatic heterocycles. The average molecular weight is 1560 g/mol. The van der Waals surface area contributed by atoms with E-state index in [0.29, 0.717) is 0 Å². The number of hydrogen-bond donors (Lipinski definition) is 0. The third-order valence-corrected chi connectivity index (χ3v) is 27.1. The Balaban J connectivity index is 0.935. The lowest BCUT2D eigenvalue weighted by Gasteiger charge is -2.47. The number of nitrogens with zero attached hydrogens (tertiary/aromatic N) is 4. The molecule has 5 aliphatic rings. The highest BCUT2D eigenvalue weighted by Crippen LogP contribution is 2.61. The largest absolute Gasteiger partial charge is 0.457 e. The Hall–Kier alpha value is -13.5. The highest BCUT2D eigenvalue weighted by atomic mass is 32.2. The van der Waals surface area contributed by atoms with E-state index in [4.69, 9.17) is 4.74 Å². The molecule has 0 saturated carbocycles. The van der Waals surface area contributed by atoms with E-state index in [2.05, 4.69) is 455 Å². The van der Waals surface area contributed by atoms with E-state index in [1.165, 1.54) is 47.1 Å². The van der Waals surface area contributed by atoms with Crippen LogP contribution in [0.2, 0.25) is 0 Å². The fraction of sp³-hybridized carbons (Fsp3) is 0.0811. The summed E-state index contributed by atoms with van der Waals surface area (Å²) in [5.41, 5.74) is 33.4. The molecule has 568 valence electrons. The van der Waals surface area contributed by atoms with Crippen molar-refractivity contribution in [3.8, 4) is 67.1 Å². The van der Waals surface area contributed by atoms with E-state index < -0.39 is 5.41 Å². The second-order valence-electron chi connectivity index (χ2n) is 33.9. The van der Waals surface area contributed by atoms with Gasteiger partial charge in [-0.15, -0.1) is 0 Å². The number of para-hydroxylation sites is 5. The molecule has 17 aromatic carbocycles. The van der Waals surface area contributed by atoms with Gasteiger partial charge in [0.15, 0.2) is 0 Å². The van der Waals surface area contributed by atoms with Crippen LogP contribution in [0.4, 0.5) is 68.2 Å². The Kier molecular flexibility index (Phi) is 17.2. The molecule has 17 aromatic rings. The number of rotatable bonds is 11. The van der Waals surface area contributed by atoms with Crippen LogP contribution < -0.4 is 40.7 Å². The maximum Gasteiger partial charge on any atom is 0.252 e. The van der Waals surface area contributed by atoms with Gasteiger partial charge in [0.25, 0.3) is 6.71 Å². The van der Waals surface area contributed by atoms with Gasteiger partial charge in [-0.25, -0.2) is 0 Å². The molecular formula is C111H83BN4OS2. The van der Waals surface area contributed by atoms with Crippen LogP contribution in [-0.2, 0) is 16.2 Å². The van der Waals surface area contributed by atoms with Crippen LogP contribution in [0.5, 0.6) is 11.5 Å². The zero-order valence-electron chi connectivity index (χ0n) is 67.1. The molecule has 119 heavy (non-hydrogen) atoms. The SMILES string of the molecule is CC(C)(C)c1cc(-c2ccccc2)c(N2c3cc(N4c5ccccc5Sc5ccccc54)ccc3B3c4ccc(N5c6ccccc6Sc6ccccc65)cc4N(c4c(-c5ccccc5)cc(C(C)(C)C)cc4-c4ccccc4)c4cc(-c5ccc6c(c5)C(c5ccccc5)(c5ccccc5)c5ccccc5O6)cc2c43)c(-c2ccccc2)c1. The molecule has 0 amide bonds. The van der Waals surface area contributed by atoms with Crippen LogP contribution >= 0.6 is 23.5 Å². The van der Waals surface area contributed by atoms with Gasteiger partial charge in [0, 0.05) is 87.1 Å². The van der Waals surface area contributed by atoms with Crippen molar-refractivity contribution in [1.82, 2.24) is 0 Å². The number of benzene rings is 17. The van der Waals surface area contributed by atoms with Gasteiger partial charge in [-0.1, -0.05) is 332 Å². The smallest absolute Gasteiger partial charge is 0.252 e. The lowest BCUT2D eigenvalue weighted by molar-refractivity contribution is 0.434. The van der Waals surface area contributed by atoms with Crippen molar-refractivity contribution in [2.24, 2.45) is 0 Å². The Morgan fingerprint density at radius 1 is 0.261 bits per heavy atom. The first-order chi connectivity index (χ1) is 58.3. The third kappa shape index (κ3) is 11.8. The maximum absolute atomic E-state index is 7.32. The summed E-state index contributed by atoms with van der Waals surface area (Å²) in [6.45, 7) is 13.8. The van der Waals surface area contributed by atoms with Gasteiger partial charge in [0.1, 0.15) is 11.5 Å². The second kappa shape index (κ2) is 28.4. The van der Waals surface area contributed by atoms with Crippen molar-refractivity contribution in [2.45, 2.75) is 77.4 Å². The summed E-state index contributed by atoms with van der Waals surface area (Å²) in [5.74, 6) is 1.64. The third-order valence-electron chi connectivity index (χ3n) is 24.8. The van der Waals surface area contributed by atoms with Crippen LogP contribution in [0.25, 0.3) is 55.6 Å². The van der Waals surface area contributed by atoms with Crippen molar-refractivity contribution < 1.29 is 4.74 Å². The highest BCUT2D eigenvalue weighted by Gasteiger charge is 2.49. The average Bonchev–Trinajstić information content (AvgIpc) is 0.714. The molecular weight excluding hydrogens is 1480 g/mol. The first-order valence-electron chi connectivity index (χ1n) is 41.3. The van der Waals surface area contributed by atoms with Crippen LogP contribution in [0, 0.1) is 0 Å². The van der Waals surface area contributed by atoms with Gasteiger partial charge in [-0.2, -0.15) is 0 Å². The molecule has 0 aliphatic carbocycles. The molecule has 0 N–H and O–H groups in total. The van der Waals surface area contributed by atoms with E-state index in [-0.39, 0.29) is 17.5 Å². The van der Waals surface area contributed by atoms with E-state index in [1.807, 2.05) is 23.5 Å². The molecule has 22 rings (SSSR count). The van der Waals surface area contributed by atoms with Crippen LogP contribution in [0.3, 0.4) is 0 Å². The van der Waals surface area contributed by atoms with E-state index in [0.717, 1.165) is 158 Å². The molecule has 0 spiro atoms. The summed E-state index contributed by atoms with van der Waals surface area (Å²) in [6, 6.07) is 149. The van der Waals surface area contributed by atoms with E-state index >= 15 is 0 Å². The van der Waals surface area contributed by atoms with Crippen molar-refractivity contribution >= 4 is 115 Å². The molecule has 0 radical (unpaired) electrons. The van der Waals surface area contributed by atoms with E-state index in [9.17, 15) is 0 Å². The predicted octanol–water partition coefficient (Wildman–Crippen LogP) is 29.1. The van der Waals surface area contributed by atoms with Gasteiger partial charge < -0.3 is 24.3 Å². The molecule has 0 aromatic heterocycles. The summed E-state index contributed by atoms with van der Waals surface area (Å²) >= 11 is 3.68. The fourth-order valence-electron chi connectivity index (χ4n) is 19.2.